The smallest absolute Gasteiger partial charge is 0.329 e. The summed E-state index contributed by atoms with van der Waals surface area (Å²) in [5, 5.41) is 17.3. The largest absolute Gasteiger partial charge is 0.480 e. The molecule has 1 aromatic heterocycles. The molecule has 2 heterocycles. The summed E-state index contributed by atoms with van der Waals surface area (Å²) in [6, 6.07) is 4.74. The number of nitriles is 1. The molecule has 0 unspecified atom stereocenters. The maximum Gasteiger partial charge on any atom is 0.329 e. The van der Waals surface area contributed by atoms with Gasteiger partial charge in [0.1, 0.15) is 21.8 Å². The van der Waals surface area contributed by atoms with E-state index in [0.717, 1.165) is 11.3 Å². The van der Waals surface area contributed by atoms with Crippen molar-refractivity contribution < 1.29 is 23.1 Å². The van der Waals surface area contributed by atoms with Crippen molar-refractivity contribution in [3.05, 3.63) is 17.0 Å². The van der Waals surface area contributed by atoms with Gasteiger partial charge in [0.15, 0.2) is 0 Å². The number of hydrogen-bond donors (Lipinski definition) is 1. The Bertz CT molecular complexity index is 667. The molecule has 1 N–H and O–H groups in total. The second-order valence-electron chi connectivity index (χ2n) is 4.64. The molecule has 0 saturated carbocycles. The van der Waals surface area contributed by atoms with E-state index < -0.39 is 28.2 Å². The Morgan fingerprint density at radius 3 is 2.75 bits per heavy atom. The molecule has 0 spiro atoms. The van der Waals surface area contributed by atoms with Crippen LogP contribution >= 0.6 is 11.3 Å². The molecule has 1 saturated heterocycles. The first-order chi connectivity index (χ1) is 9.27. The molecular formula is C11H12N2O5S2. The van der Waals surface area contributed by atoms with Crippen LogP contribution in [0.25, 0.3) is 0 Å². The van der Waals surface area contributed by atoms with E-state index in [0.29, 0.717) is 4.88 Å². The van der Waals surface area contributed by atoms with Gasteiger partial charge in [-0.05, 0) is 19.1 Å². The highest BCUT2D eigenvalue weighted by Gasteiger charge is 2.46. The second-order valence-corrected chi connectivity index (χ2v) is 7.88. The van der Waals surface area contributed by atoms with Crippen LogP contribution in [0.3, 0.4) is 0 Å². The first kappa shape index (κ1) is 14.9. The van der Waals surface area contributed by atoms with Gasteiger partial charge in [0, 0.05) is 13.1 Å². The minimum absolute atomic E-state index is 0.0996. The van der Waals surface area contributed by atoms with Gasteiger partial charge in [-0.25, -0.2) is 13.2 Å². The third kappa shape index (κ3) is 2.83. The number of carbonyl (C=O) groups is 1. The summed E-state index contributed by atoms with van der Waals surface area (Å²) in [5.74, 6) is -1.09. The Morgan fingerprint density at radius 1 is 1.60 bits per heavy atom. The van der Waals surface area contributed by atoms with Crippen LogP contribution < -0.4 is 0 Å². The van der Waals surface area contributed by atoms with Crippen molar-refractivity contribution in [2.45, 2.75) is 16.7 Å². The number of hydrogen-bond acceptors (Lipinski definition) is 6. The van der Waals surface area contributed by atoms with E-state index in [2.05, 4.69) is 0 Å². The van der Waals surface area contributed by atoms with E-state index in [9.17, 15) is 13.2 Å². The summed E-state index contributed by atoms with van der Waals surface area (Å²) in [5.41, 5.74) is -0.777. The number of sulfonamides is 1. The number of thiophene rings is 1. The van der Waals surface area contributed by atoms with Gasteiger partial charge in [-0.2, -0.15) is 9.57 Å². The Hall–Kier alpha value is -1.47. The van der Waals surface area contributed by atoms with Crippen LogP contribution in [0.1, 0.15) is 11.8 Å². The summed E-state index contributed by atoms with van der Waals surface area (Å²) in [6.45, 7) is 1.41. The van der Waals surface area contributed by atoms with E-state index in [1.165, 1.54) is 16.4 Å². The summed E-state index contributed by atoms with van der Waals surface area (Å²) >= 11 is 0.910. The van der Waals surface area contributed by atoms with Gasteiger partial charge >= 0.3 is 5.97 Å². The molecule has 0 radical (unpaired) electrons. The van der Waals surface area contributed by atoms with Gasteiger partial charge in [0.25, 0.3) is 10.0 Å². The van der Waals surface area contributed by atoms with Gasteiger partial charge in [-0.15, -0.1) is 11.3 Å². The molecule has 1 aromatic rings. The van der Waals surface area contributed by atoms with Crippen molar-refractivity contribution >= 4 is 27.3 Å². The molecular weight excluding hydrogens is 304 g/mol. The van der Waals surface area contributed by atoms with Crippen LogP contribution in [0.2, 0.25) is 0 Å². The van der Waals surface area contributed by atoms with E-state index in [1.807, 2.05) is 6.07 Å². The zero-order valence-corrected chi connectivity index (χ0v) is 12.2. The third-order valence-corrected chi connectivity index (χ3v) is 6.10. The number of aliphatic carboxylic acids is 1. The molecule has 20 heavy (non-hydrogen) atoms. The van der Waals surface area contributed by atoms with Crippen molar-refractivity contribution in [1.29, 1.82) is 5.26 Å². The maximum absolute atomic E-state index is 12.2. The molecule has 0 aliphatic carbocycles. The topological polar surface area (TPSA) is 108 Å². The standard InChI is InChI=1S/C11H12N2O5S2/c1-11(18-5-9(14)15)6-13(7-11)20(16,17)10-3-2-8(4-12)19-10/h2-3H,5-7H2,1H3,(H,14,15). The summed E-state index contributed by atoms with van der Waals surface area (Å²) in [7, 11) is -3.63. The first-order valence-corrected chi connectivity index (χ1v) is 7.88. The quantitative estimate of drug-likeness (QED) is 0.846. The van der Waals surface area contributed by atoms with E-state index in [1.54, 1.807) is 6.92 Å². The lowest BCUT2D eigenvalue weighted by Gasteiger charge is -2.45. The van der Waals surface area contributed by atoms with Crippen molar-refractivity contribution in [2.75, 3.05) is 19.7 Å². The number of carboxylic acids is 1. The molecule has 1 aliphatic rings. The predicted molar refractivity (Wildman–Crippen MR) is 69.8 cm³/mol. The van der Waals surface area contributed by atoms with Crippen LogP contribution in [0.15, 0.2) is 16.3 Å². The van der Waals surface area contributed by atoms with Crippen molar-refractivity contribution in [3.8, 4) is 6.07 Å². The predicted octanol–water partition coefficient (Wildman–Crippen LogP) is 0.484. The molecule has 7 nitrogen and oxygen atoms in total. The van der Waals surface area contributed by atoms with Crippen LogP contribution in [0.5, 0.6) is 0 Å². The number of rotatable bonds is 5. The highest BCUT2D eigenvalue weighted by molar-refractivity contribution is 7.91. The fraction of sp³-hybridized carbons (Fsp3) is 0.455. The number of ether oxygens (including phenoxy) is 1. The molecule has 0 bridgehead atoms. The van der Waals surface area contributed by atoms with Gasteiger partial charge in [0.05, 0.1) is 5.60 Å². The lowest BCUT2D eigenvalue weighted by molar-refractivity contribution is -0.157. The van der Waals surface area contributed by atoms with Crippen LogP contribution in [-0.2, 0) is 19.6 Å². The third-order valence-electron chi connectivity index (χ3n) is 2.85. The fourth-order valence-corrected chi connectivity index (χ4v) is 4.77. The van der Waals surface area contributed by atoms with Crippen molar-refractivity contribution in [2.24, 2.45) is 0 Å². The molecule has 0 aromatic carbocycles. The molecule has 0 atom stereocenters. The molecule has 1 aliphatic heterocycles. The average molecular weight is 316 g/mol. The minimum atomic E-state index is -3.63. The average Bonchev–Trinajstić information content (AvgIpc) is 2.82. The molecule has 0 amide bonds. The molecule has 108 valence electrons. The van der Waals surface area contributed by atoms with Gasteiger partial charge < -0.3 is 9.84 Å². The number of carboxylic acid groups (broad SMARTS) is 1. The summed E-state index contributed by atoms with van der Waals surface area (Å²) in [4.78, 5) is 10.8. The zero-order chi connectivity index (χ0) is 15.0. The maximum atomic E-state index is 12.2. The van der Waals surface area contributed by atoms with Crippen LogP contribution in [0, 0.1) is 11.3 Å². The summed E-state index contributed by atoms with van der Waals surface area (Å²) < 4.78 is 30.9. The van der Waals surface area contributed by atoms with Gasteiger partial charge in [-0.1, -0.05) is 0 Å². The summed E-state index contributed by atoms with van der Waals surface area (Å²) in [6.07, 6.45) is 0. The van der Waals surface area contributed by atoms with E-state index >= 15 is 0 Å². The molecule has 2 rings (SSSR count). The van der Waals surface area contributed by atoms with E-state index in [-0.39, 0.29) is 17.3 Å². The van der Waals surface area contributed by atoms with Crippen molar-refractivity contribution in [3.63, 3.8) is 0 Å². The fourth-order valence-electron chi connectivity index (χ4n) is 1.84. The Kier molecular flexibility index (Phi) is 3.84. The minimum Gasteiger partial charge on any atom is -0.480 e. The highest BCUT2D eigenvalue weighted by atomic mass is 32.2. The van der Waals surface area contributed by atoms with E-state index in [4.69, 9.17) is 15.1 Å². The Morgan fingerprint density at radius 2 is 2.25 bits per heavy atom. The SMILES string of the molecule is CC1(OCC(=O)O)CN(S(=O)(=O)c2ccc(C#N)s2)C1. The number of nitrogens with zero attached hydrogens (tertiary/aromatic N) is 2. The Labute approximate surface area is 120 Å². The monoisotopic (exact) mass is 316 g/mol. The van der Waals surface area contributed by atoms with Gasteiger partial charge in [0.2, 0.25) is 0 Å². The second kappa shape index (κ2) is 5.14. The normalized spacial score (nSPS) is 18.2. The van der Waals surface area contributed by atoms with Crippen LogP contribution in [-0.4, -0.2) is 49.1 Å². The highest BCUT2D eigenvalue weighted by Crippen LogP contribution is 2.33. The van der Waals surface area contributed by atoms with Crippen molar-refractivity contribution in [1.82, 2.24) is 4.31 Å². The lowest BCUT2D eigenvalue weighted by atomic mass is 10.0. The molecule has 9 heteroatoms. The van der Waals surface area contributed by atoms with Crippen LogP contribution in [0.4, 0.5) is 0 Å². The lowest BCUT2D eigenvalue weighted by Crippen LogP contribution is -2.63. The molecule has 1 fully saturated rings. The Balaban J connectivity index is 2.04. The first-order valence-electron chi connectivity index (χ1n) is 5.63. The zero-order valence-electron chi connectivity index (χ0n) is 10.6. The van der Waals surface area contributed by atoms with Gasteiger partial charge in [-0.3, -0.25) is 0 Å².